The summed E-state index contributed by atoms with van der Waals surface area (Å²) in [5.41, 5.74) is 4.24. The third-order valence-corrected chi connectivity index (χ3v) is 3.49. The molecule has 4 nitrogen and oxygen atoms in total. The van der Waals surface area contributed by atoms with Crippen molar-refractivity contribution in [1.82, 2.24) is 19.4 Å². The minimum Gasteiger partial charge on any atom is -0.339 e. The maximum Gasteiger partial charge on any atom is 0.236 e. The van der Waals surface area contributed by atoms with Crippen molar-refractivity contribution in [2.75, 3.05) is 0 Å². The first-order valence-corrected chi connectivity index (χ1v) is 6.61. The predicted octanol–water partition coefficient (Wildman–Crippen LogP) is 3.32. The molecule has 0 amide bonds. The topological polar surface area (TPSA) is 46.0 Å². The Labute approximate surface area is 110 Å². The molecule has 0 fully saturated rings. The molecule has 3 heterocycles. The van der Waals surface area contributed by atoms with Crippen LogP contribution in [0.1, 0.15) is 19.0 Å². The van der Waals surface area contributed by atoms with E-state index in [1.807, 2.05) is 16.5 Å². The van der Waals surface area contributed by atoms with Crippen LogP contribution < -0.4 is 0 Å². The number of rotatable bonds is 2. The summed E-state index contributed by atoms with van der Waals surface area (Å²) in [6, 6.07) is 10.3. The van der Waals surface area contributed by atoms with E-state index in [9.17, 15) is 0 Å². The molecule has 4 aromatic rings. The van der Waals surface area contributed by atoms with Gasteiger partial charge in [0.25, 0.3) is 0 Å². The molecule has 0 aliphatic rings. The molecule has 0 aliphatic heterocycles. The monoisotopic (exact) mass is 250 g/mol. The lowest BCUT2D eigenvalue weighted by atomic mass is 10.2. The summed E-state index contributed by atoms with van der Waals surface area (Å²) in [5, 5.41) is 1.15. The highest BCUT2D eigenvalue weighted by Gasteiger charge is 2.11. The number of benzene rings is 1. The average Bonchev–Trinajstić information content (AvgIpc) is 2.94. The van der Waals surface area contributed by atoms with E-state index >= 15 is 0 Å². The molecule has 19 heavy (non-hydrogen) atoms. The van der Waals surface area contributed by atoms with Gasteiger partial charge in [-0.15, -0.1) is 0 Å². The fraction of sp³-hybridized carbons (Fsp3) is 0.200. The molecule has 0 saturated carbocycles. The number of H-pyrrole nitrogens is 1. The SMILES string of the molecule is CCCc1ccn2c(n1)nc1c3ccccc3[nH]c12. The number of hydrogen-bond acceptors (Lipinski definition) is 2. The molecular formula is C15H14N4. The quantitative estimate of drug-likeness (QED) is 0.593. The van der Waals surface area contributed by atoms with E-state index in [1.54, 1.807) is 0 Å². The summed E-state index contributed by atoms with van der Waals surface area (Å²) < 4.78 is 2.02. The molecule has 4 rings (SSSR count). The number of aromatic nitrogens is 4. The van der Waals surface area contributed by atoms with Crippen LogP contribution in [0.4, 0.5) is 0 Å². The zero-order valence-electron chi connectivity index (χ0n) is 10.7. The van der Waals surface area contributed by atoms with E-state index in [2.05, 4.69) is 46.3 Å². The Kier molecular flexibility index (Phi) is 2.12. The average molecular weight is 250 g/mol. The molecule has 4 heteroatoms. The van der Waals surface area contributed by atoms with E-state index in [0.29, 0.717) is 0 Å². The van der Waals surface area contributed by atoms with Gasteiger partial charge in [-0.1, -0.05) is 31.5 Å². The fourth-order valence-electron chi connectivity index (χ4n) is 2.60. The van der Waals surface area contributed by atoms with E-state index in [1.165, 1.54) is 0 Å². The number of para-hydroxylation sites is 1. The number of aromatic amines is 1. The zero-order chi connectivity index (χ0) is 12.8. The van der Waals surface area contributed by atoms with E-state index in [4.69, 9.17) is 0 Å². The second-order valence-corrected chi connectivity index (χ2v) is 4.82. The van der Waals surface area contributed by atoms with Crippen LogP contribution in [0, 0.1) is 0 Å². The molecule has 0 radical (unpaired) electrons. The summed E-state index contributed by atoms with van der Waals surface area (Å²) >= 11 is 0. The van der Waals surface area contributed by atoms with Crippen molar-refractivity contribution in [2.45, 2.75) is 19.8 Å². The first-order chi connectivity index (χ1) is 9.36. The molecule has 0 unspecified atom stereocenters. The molecule has 0 aliphatic carbocycles. The lowest BCUT2D eigenvalue weighted by Gasteiger charge is -1.98. The van der Waals surface area contributed by atoms with Gasteiger partial charge in [0.1, 0.15) is 11.2 Å². The first-order valence-electron chi connectivity index (χ1n) is 6.61. The van der Waals surface area contributed by atoms with Crippen molar-refractivity contribution in [3.05, 3.63) is 42.2 Å². The fourth-order valence-corrected chi connectivity index (χ4v) is 2.60. The number of fused-ring (bicyclic) bond motifs is 5. The second-order valence-electron chi connectivity index (χ2n) is 4.82. The van der Waals surface area contributed by atoms with Crippen LogP contribution in [-0.4, -0.2) is 19.4 Å². The number of nitrogens with one attached hydrogen (secondary N) is 1. The van der Waals surface area contributed by atoms with Gasteiger partial charge >= 0.3 is 0 Å². The van der Waals surface area contributed by atoms with E-state index < -0.39 is 0 Å². The van der Waals surface area contributed by atoms with Crippen LogP contribution >= 0.6 is 0 Å². The highest BCUT2D eigenvalue weighted by molar-refractivity contribution is 6.04. The van der Waals surface area contributed by atoms with E-state index in [-0.39, 0.29) is 0 Å². The van der Waals surface area contributed by atoms with Gasteiger partial charge in [-0.3, -0.25) is 4.40 Å². The molecule has 0 saturated heterocycles. The highest BCUT2D eigenvalue weighted by atomic mass is 15.1. The Bertz CT molecular complexity index is 885. The number of imidazole rings is 1. The Morgan fingerprint density at radius 1 is 1.16 bits per heavy atom. The van der Waals surface area contributed by atoms with Crippen molar-refractivity contribution < 1.29 is 0 Å². The third kappa shape index (κ3) is 1.46. The summed E-state index contributed by atoms with van der Waals surface area (Å²) in [6.07, 6.45) is 4.15. The van der Waals surface area contributed by atoms with Gasteiger partial charge < -0.3 is 4.98 Å². The summed E-state index contributed by atoms with van der Waals surface area (Å²) in [7, 11) is 0. The molecule has 3 aromatic heterocycles. The van der Waals surface area contributed by atoms with Crippen molar-refractivity contribution in [2.24, 2.45) is 0 Å². The smallest absolute Gasteiger partial charge is 0.236 e. The number of nitrogens with zero attached hydrogens (tertiary/aromatic N) is 3. The van der Waals surface area contributed by atoms with Crippen LogP contribution in [0.3, 0.4) is 0 Å². The van der Waals surface area contributed by atoms with Gasteiger partial charge in [0.2, 0.25) is 5.78 Å². The van der Waals surface area contributed by atoms with Crippen LogP contribution in [0.2, 0.25) is 0 Å². The molecule has 1 N–H and O–H groups in total. The largest absolute Gasteiger partial charge is 0.339 e. The molecule has 0 atom stereocenters. The Morgan fingerprint density at radius 2 is 2.05 bits per heavy atom. The molecule has 1 aromatic carbocycles. The third-order valence-electron chi connectivity index (χ3n) is 3.49. The van der Waals surface area contributed by atoms with Crippen molar-refractivity contribution in [1.29, 1.82) is 0 Å². The minimum atomic E-state index is 0.776. The van der Waals surface area contributed by atoms with Gasteiger partial charge in [0, 0.05) is 22.8 Å². The van der Waals surface area contributed by atoms with Crippen molar-refractivity contribution in [3.63, 3.8) is 0 Å². The van der Waals surface area contributed by atoms with Crippen LogP contribution in [0.15, 0.2) is 36.5 Å². The maximum atomic E-state index is 4.67. The summed E-state index contributed by atoms with van der Waals surface area (Å²) in [6.45, 7) is 2.16. The Balaban J connectivity index is 2.07. The first kappa shape index (κ1) is 10.6. The summed E-state index contributed by atoms with van der Waals surface area (Å²) in [4.78, 5) is 12.7. The van der Waals surface area contributed by atoms with Gasteiger partial charge in [-0.2, -0.15) is 0 Å². The molecule has 94 valence electrons. The van der Waals surface area contributed by atoms with Crippen LogP contribution in [-0.2, 0) is 6.42 Å². The van der Waals surface area contributed by atoms with Crippen LogP contribution in [0.25, 0.3) is 27.8 Å². The van der Waals surface area contributed by atoms with Crippen molar-refractivity contribution >= 4 is 27.8 Å². The minimum absolute atomic E-state index is 0.776. The van der Waals surface area contributed by atoms with Crippen molar-refractivity contribution in [3.8, 4) is 0 Å². The van der Waals surface area contributed by atoms with E-state index in [0.717, 1.165) is 46.4 Å². The normalized spacial score (nSPS) is 11.8. The highest BCUT2D eigenvalue weighted by Crippen LogP contribution is 2.25. The maximum absolute atomic E-state index is 4.67. The second kappa shape index (κ2) is 3.82. The summed E-state index contributed by atoms with van der Waals surface area (Å²) in [5.74, 6) is 0.776. The van der Waals surface area contributed by atoms with Gasteiger partial charge in [0.15, 0.2) is 0 Å². The lowest BCUT2D eigenvalue weighted by molar-refractivity contribution is 0.875. The Morgan fingerprint density at radius 3 is 2.95 bits per heavy atom. The lowest BCUT2D eigenvalue weighted by Crippen LogP contribution is -1.94. The van der Waals surface area contributed by atoms with Gasteiger partial charge in [-0.25, -0.2) is 9.97 Å². The predicted molar refractivity (Wildman–Crippen MR) is 76.3 cm³/mol. The Hall–Kier alpha value is -2.36. The standard InChI is InChI=1S/C15H14N4/c1-2-5-10-8-9-19-14-13(18-15(19)16-10)11-6-3-4-7-12(11)17-14/h3-4,6-9,17H,2,5H2,1H3. The number of hydrogen-bond donors (Lipinski definition) is 1. The number of aryl methyl sites for hydroxylation is 1. The molecule has 0 bridgehead atoms. The zero-order valence-corrected chi connectivity index (χ0v) is 10.7. The van der Waals surface area contributed by atoms with Gasteiger partial charge in [-0.05, 0) is 18.6 Å². The molecule has 0 spiro atoms. The van der Waals surface area contributed by atoms with Gasteiger partial charge in [0.05, 0.1) is 0 Å². The van der Waals surface area contributed by atoms with Crippen LogP contribution in [0.5, 0.6) is 0 Å². The molecular weight excluding hydrogens is 236 g/mol.